The van der Waals surface area contributed by atoms with E-state index in [0.717, 1.165) is 7.05 Å². The molecule has 0 spiro atoms. The number of H-pyrrole nitrogens is 1. The highest BCUT2D eigenvalue weighted by Gasteiger charge is 2.68. The van der Waals surface area contributed by atoms with Gasteiger partial charge in [0.2, 0.25) is 0 Å². The minimum atomic E-state index is -5.36. The van der Waals surface area contributed by atoms with Crippen molar-refractivity contribution in [3.63, 3.8) is 0 Å². The van der Waals surface area contributed by atoms with Gasteiger partial charge in [-0.3, -0.25) is 23.9 Å². The summed E-state index contributed by atoms with van der Waals surface area (Å²) in [6.45, 7) is 1.51. The van der Waals surface area contributed by atoms with E-state index in [1.165, 1.54) is 25.1 Å². The van der Waals surface area contributed by atoms with Crippen LogP contribution in [0, 0.1) is 6.92 Å². The largest absolute Gasteiger partial charge is 0.425 e. The Morgan fingerprint density at radius 1 is 1.19 bits per heavy atom. The normalized spacial score (nSPS) is 18.8. The van der Waals surface area contributed by atoms with Crippen molar-refractivity contribution in [1.29, 1.82) is 0 Å². The third-order valence-corrected chi connectivity index (χ3v) is 4.39. The Morgan fingerprint density at radius 3 is 2.41 bits per heavy atom. The van der Waals surface area contributed by atoms with Crippen molar-refractivity contribution < 1.29 is 22.8 Å². The molecule has 27 heavy (non-hydrogen) atoms. The number of hydrogen-bond donors (Lipinski definition) is 3. The lowest BCUT2D eigenvalue weighted by Crippen LogP contribution is -2.62. The van der Waals surface area contributed by atoms with Crippen LogP contribution in [0.25, 0.3) is 0 Å². The molecule has 1 unspecified atom stereocenters. The number of carbonyl (C=O) groups excluding carboxylic acids is 2. The zero-order chi connectivity index (χ0) is 20.1. The van der Waals surface area contributed by atoms with Gasteiger partial charge >= 0.3 is 11.9 Å². The molecule has 1 aliphatic heterocycles. The van der Waals surface area contributed by atoms with Crippen LogP contribution in [0.1, 0.15) is 21.5 Å². The fourth-order valence-corrected chi connectivity index (χ4v) is 2.96. The number of nitrogens with one attached hydrogen (secondary N) is 3. The molecule has 0 saturated carbocycles. The van der Waals surface area contributed by atoms with Gasteiger partial charge in [-0.1, -0.05) is 18.2 Å². The van der Waals surface area contributed by atoms with Crippen LogP contribution in [0.4, 0.5) is 19.0 Å². The van der Waals surface area contributed by atoms with Crippen molar-refractivity contribution in [2.75, 3.05) is 5.32 Å². The SMILES string of the molecule is Cc1ccccc1C(=O)NC1(C(F)(F)F)C(=O)Nc2c1c(=O)[nH]c(=O)n2C. The molecule has 2 aromatic rings. The summed E-state index contributed by atoms with van der Waals surface area (Å²) in [7, 11) is 1.08. The zero-order valence-corrected chi connectivity index (χ0v) is 14.0. The van der Waals surface area contributed by atoms with E-state index in [0.29, 0.717) is 10.1 Å². The second-order valence-electron chi connectivity index (χ2n) is 6.01. The first-order valence-corrected chi connectivity index (χ1v) is 7.61. The lowest BCUT2D eigenvalue weighted by atomic mass is 9.91. The molecule has 2 heterocycles. The number of hydrogen-bond acceptors (Lipinski definition) is 4. The molecule has 1 aromatic carbocycles. The minimum Gasteiger partial charge on any atom is -0.326 e. The van der Waals surface area contributed by atoms with E-state index in [1.807, 2.05) is 5.32 Å². The smallest absolute Gasteiger partial charge is 0.326 e. The maximum Gasteiger partial charge on any atom is 0.425 e. The van der Waals surface area contributed by atoms with Crippen molar-refractivity contribution >= 4 is 17.6 Å². The average Bonchev–Trinajstić information content (AvgIpc) is 2.87. The number of aromatic nitrogens is 2. The highest BCUT2D eigenvalue weighted by Crippen LogP contribution is 2.44. The predicted octanol–water partition coefficient (Wildman–Crippen LogP) is 0.522. The van der Waals surface area contributed by atoms with Crippen molar-refractivity contribution in [3.05, 3.63) is 61.8 Å². The van der Waals surface area contributed by atoms with Crippen LogP contribution in [0.5, 0.6) is 0 Å². The molecular formula is C16H13F3N4O4. The van der Waals surface area contributed by atoms with Crippen LogP contribution >= 0.6 is 0 Å². The second kappa shape index (κ2) is 5.83. The molecule has 1 atom stereocenters. The van der Waals surface area contributed by atoms with Crippen molar-refractivity contribution in [3.8, 4) is 0 Å². The fraction of sp³-hybridized carbons (Fsp3) is 0.250. The maximum absolute atomic E-state index is 14.0. The number of aromatic amines is 1. The molecule has 0 bridgehead atoms. The molecule has 0 aliphatic carbocycles. The standard InChI is InChI=1S/C16H13F3N4O4/c1-7-5-3-4-6-8(7)11(24)22-15(16(17,18)19)9-10(20-13(15)26)23(2)14(27)21-12(9)25/h3-6H,1-2H3,(H,20,26)(H,22,24)(H,21,25,27). The Balaban J connectivity index is 2.26. The van der Waals surface area contributed by atoms with Crippen LogP contribution in [0.2, 0.25) is 0 Å². The number of nitrogens with zero attached hydrogens (tertiary/aromatic N) is 1. The Hall–Kier alpha value is -3.37. The topological polar surface area (TPSA) is 113 Å². The summed E-state index contributed by atoms with van der Waals surface area (Å²) < 4.78 is 42.7. The molecule has 1 aromatic heterocycles. The van der Waals surface area contributed by atoms with E-state index in [1.54, 1.807) is 16.4 Å². The molecule has 1 aliphatic rings. The average molecular weight is 382 g/mol. The fourth-order valence-electron chi connectivity index (χ4n) is 2.96. The third-order valence-electron chi connectivity index (χ3n) is 4.39. The number of aryl methyl sites for hydroxylation is 1. The van der Waals surface area contributed by atoms with E-state index in [-0.39, 0.29) is 5.56 Å². The highest BCUT2D eigenvalue weighted by atomic mass is 19.4. The first-order valence-electron chi connectivity index (χ1n) is 7.61. The van der Waals surface area contributed by atoms with Gasteiger partial charge in [0.05, 0.1) is 0 Å². The lowest BCUT2D eigenvalue weighted by Gasteiger charge is -2.30. The molecule has 8 nitrogen and oxygen atoms in total. The Kier molecular flexibility index (Phi) is 3.98. The molecule has 0 fully saturated rings. The van der Waals surface area contributed by atoms with E-state index >= 15 is 0 Å². The minimum absolute atomic E-state index is 0.0939. The van der Waals surface area contributed by atoms with Gasteiger partial charge in [0, 0.05) is 12.6 Å². The maximum atomic E-state index is 14.0. The first-order chi connectivity index (χ1) is 12.5. The summed E-state index contributed by atoms with van der Waals surface area (Å²) in [5.74, 6) is -3.50. The van der Waals surface area contributed by atoms with Crippen molar-refractivity contribution in [2.45, 2.75) is 18.6 Å². The molecule has 0 radical (unpaired) electrons. The summed E-state index contributed by atoms with van der Waals surface area (Å²) in [5.41, 5.74) is -6.88. The molecule has 2 amide bonds. The van der Waals surface area contributed by atoms with Crippen molar-refractivity contribution in [1.82, 2.24) is 14.9 Å². The van der Waals surface area contributed by atoms with Gasteiger partial charge in [-0.05, 0) is 18.6 Å². The van der Waals surface area contributed by atoms with Gasteiger partial charge < -0.3 is 10.6 Å². The summed E-state index contributed by atoms with van der Waals surface area (Å²) in [5, 5.41) is 3.56. The summed E-state index contributed by atoms with van der Waals surface area (Å²) in [4.78, 5) is 50.4. The predicted molar refractivity (Wildman–Crippen MR) is 87.3 cm³/mol. The Labute approximate surface area is 149 Å². The molecule has 3 N–H and O–H groups in total. The monoisotopic (exact) mass is 382 g/mol. The van der Waals surface area contributed by atoms with E-state index in [2.05, 4.69) is 0 Å². The van der Waals surface area contributed by atoms with Gasteiger partial charge in [-0.15, -0.1) is 0 Å². The Morgan fingerprint density at radius 2 is 1.81 bits per heavy atom. The van der Waals surface area contributed by atoms with Crippen LogP contribution in [0.3, 0.4) is 0 Å². The number of rotatable bonds is 2. The van der Waals surface area contributed by atoms with E-state index < -0.39 is 46.2 Å². The Bertz CT molecular complexity index is 1090. The lowest BCUT2D eigenvalue weighted by molar-refractivity contribution is -0.196. The van der Waals surface area contributed by atoms with Crippen LogP contribution in [0.15, 0.2) is 33.9 Å². The molecule has 0 saturated heterocycles. The zero-order valence-electron chi connectivity index (χ0n) is 14.0. The number of carbonyl (C=O) groups is 2. The van der Waals surface area contributed by atoms with Gasteiger partial charge in [0.1, 0.15) is 11.4 Å². The highest BCUT2D eigenvalue weighted by molar-refractivity contribution is 6.09. The molecule has 3 rings (SSSR count). The van der Waals surface area contributed by atoms with Crippen molar-refractivity contribution in [2.24, 2.45) is 7.05 Å². The quantitative estimate of drug-likeness (QED) is 0.703. The molecular weight excluding hydrogens is 369 g/mol. The van der Waals surface area contributed by atoms with Gasteiger partial charge in [-0.25, -0.2) is 4.79 Å². The summed E-state index contributed by atoms with van der Waals surface area (Å²) in [6, 6.07) is 5.83. The molecule has 142 valence electrons. The number of benzene rings is 1. The number of amides is 2. The van der Waals surface area contributed by atoms with Crippen LogP contribution < -0.4 is 21.9 Å². The summed E-state index contributed by atoms with van der Waals surface area (Å²) >= 11 is 0. The van der Waals surface area contributed by atoms with Gasteiger partial charge in [0.15, 0.2) is 0 Å². The van der Waals surface area contributed by atoms with E-state index in [9.17, 15) is 32.3 Å². The number of anilines is 1. The van der Waals surface area contributed by atoms with E-state index in [4.69, 9.17) is 0 Å². The number of fused-ring (bicyclic) bond motifs is 1. The number of alkyl halides is 3. The van der Waals surface area contributed by atoms with Gasteiger partial charge in [0.25, 0.3) is 22.9 Å². The van der Waals surface area contributed by atoms with Crippen LogP contribution in [-0.2, 0) is 17.4 Å². The second-order valence-corrected chi connectivity index (χ2v) is 6.01. The number of halogens is 3. The molecule has 11 heteroatoms. The summed E-state index contributed by atoms with van der Waals surface area (Å²) in [6.07, 6.45) is -5.36. The van der Waals surface area contributed by atoms with Crippen LogP contribution in [-0.4, -0.2) is 27.5 Å². The van der Waals surface area contributed by atoms with Gasteiger partial charge in [-0.2, -0.15) is 13.2 Å². The third kappa shape index (κ3) is 2.54. The first kappa shape index (κ1) is 18.4.